The lowest BCUT2D eigenvalue weighted by atomic mass is 9.97. The molecular formula is C22H36N5O9P. The topological polar surface area (TPSA) is 176 Å². The molecule has 37 heavy (non-hydrogen) atoms. The van der Waals surface area contributed by atoms with E-state index >= 15 is 0 Å². The first kappa shape index (κ1) is 30.4. The van der Waals surface area contributed by atoms with Gasteiger partial charge in [0, 0.05) is 0 Å². The van der Waals surface area contributed by atoms with Crippen LogP contribution < -0.4 is 10.6 Å². The van der Waals surface area contributed by atoms with Crippen LogP contribution in [-0.2, 0) is 37.4 Å². The summed E-state index contributed by atoms with van der Waals surface area (Å²) in [5, 5.41) is 0. The number of aromatic nitrogens is 4. The van der Waals surface area contributed by atoms with E-state index < -0.39 is 36.7 Å². The number of nitrogens with two attached hydrogens (primary N) is 1. The lowest BCUT2D eigenvalue weighted by molar-refractivity contribution is -0.154. The summed E-state index contributed by atoms with van der Waals surface area (Å²) in [6.45, 7) is 9.78. The van der Waals surface area contributed by atoms with E-state index in [0.29, 0.717) is 11.2 Å². The Morgan fingerprint density at radius 2 is 1.43 bits per heavy atom. The van der Waals surface area contributed by atoms with Gasteiger partial charge >= 0.3 is 19.5 Å². The molecule has 0 bridgehead atoms. The second-order valence-corrected chi connectivity index (χ2v) is 11.9. The first-order valence-electron chi connectivity index (χ1n) is 11.6. The first-order chi connectivity index (χ1) is 17.2. The third-order valence-corrected chi connectivity index (χ3v) is 6.12. The van der Waals surface area contributed by atoms with Crippen LogP contribution in [0.2, 0.25) is 0 Å². The number of esters is 2. The molecule has 0 radical (unpaired) electrons. The fourth-order valence-corrected chi connectivity index (χ4v) is 3.75. The van der Waals surface area contributed by atoms with E-state index in [1.54, 1.807) is 41.5 Å². The molecule has 0 aliphatic heterocycles. The Balaban J connectivity index is 1.84. The number of anilines is 1. The van der Waals surface area contributed by atoms with Gasteiger partial charge in [-0.05, 0) is 41.5 Å². The summed E-state index contributed by atoms with van der Waals surface area (Å²) in [4.78, 5) is 41.3. The Hall–Kier alpha value is -2.80. The molecule has 0 atom stereocenters. The third kappa shape index (κ3) is 9.88. The lowest BCUT2D eigenvalue weighted by Crippen LogP contribution is -2.25. The van der Waals surface area contributed by atoms with Gasteiger partial charge in [0.2, 0.25) is 5.65 Å². The van der Waals surface area contributed by atoms with Gasteiger partial charge in [-0.3, -0.25) is 14.2 Å². The van der Waals surface area contributed by atoms with Crippen LogP contribution in [0.1, 0.15) is 41.5 Å². The lowest BCUT2D eigenvalue weighted by Gasteiger charge is -2.21. The van der Waals surface area contributed by atoms with Crippen molar-refractivity contribution in [1.82, 2.24) is 19.7 Å². The molecule has 0 fully saturated rings. The SMILES string of the molecule is CC(C)(C)C(=O)OCCOP(=O)(COCCOn1cnc2c(N)ncnc21)OCCOC(=O)C(C)(C)C. The van der Waals surface area contributed by atoms with E-state index in [9.17, 15) is 14.2 Å². The van der Waals surface area contributed by atoms with Gasteiger partial charge in [-0.1, -0.05) is 0 Å². The summed E-state index contributed by atoms with van der Waals surface area (Å²) in [6, 6.07) is 0. The number of carbonyl (C=O) groups is 2. The Morgan fingerprint density at radius 3 is 1.97 bits per heavy atom. The molecule has 0 unspecified atom stereocenters. The van der Waals surface area contributed by atoms with Crippen molar-refractivity contribution in [2.75, 3.05) is 51.7 Å². The molecule has 2 N–H and O–H groups in total. The second-order valence-electron chi connectivity index (χ2n) is 9.92. The minimum absolute atomic E-state index is 0.0228. The predicted octanol–water partition coefficient (Wildman–Crippen LogP) is 2.22. The van der Waals surface area contributed by atoms with Crippen molar-refractivity contribution >= 4 is 36.5 Å². The molecule has 0 aromatic carbocycles. The molecule has 0 aliphatic carbocycles. The molecule has 0 saturated carbocycles. The van der Waals surface area contributed by atoms with Crippen molar-refractivity contribution in [3.8, 4) is 0 Å². The van der Waals surface area contributed by atoms with Crippen LogP contribution in [-0.4, -0.2) is 77.6 Å². The summed E-state index contributed by atoms with van der Waals surface area (Å²) in [6.07, 6.45) is 2.28. The third-order valence-electron chi connectivity index (χ3n) is 4.47. The van der Waals surface area contributed by atoms with E-state index in [0.717, 1.165) is 0 Å². The molecule has 15 heteroatoms. The largest absolute Gasteiger partial charge is 0.463 e. The molecule has 0 spiro atoms. The molecule has 0 saturated heterocycles. The number of fused-ring (bicyclic) bond motifs is 1. The van der Waals surface area contributed by atoms with Gasteiger partial charge in [0.05, 0.1) is 30.7 Å². The second kappa shape index (κ2) is 13.1. The van der Waals surface area contributed by atoms with E-state index in [1.807, 2.05) is 0 Å². The molecule has 14 nitrogen and oxygen atoms in total. The molecule has 2 aromatic heterocycles. The quantitative estimate of drug-likeness (QED) is 0.208. The number of hydrogen-bond donors (Lipinski definition) is 1. The number of imidazole rings is 1. The monoisotopic (exact) mass is 545 g/mol. The summed E-state index contributed by atoms with van der Waals surface area (Å²) in [5.41, 5.74) is 5.17. The van der Waals surface area contributed by atoms with Crippen LogP contribution in [0.3, 0.4) is 0 Å². The average Bonchev–Trinajstić information content (AvgIpc) is 3.22. The molecular weight excluding hydrogens is 509 g/mol. The van der Waals surface area contributed by atoms with Crippen LogP contribution in [0.4, 0.5) is 5.82 Å². The summed E-state index contributed by atoms with van der Waals surface area (Å²) >= 11 is 0. The number of nitrogen functional groups attached to an aromatic ring is 1. The van der Waals surface area contributed by atoms with Crippen molar-refractivity contribution in [2.45, 2.75) is 41.5 Å². The van der Waals surface area contributed by atoms with Crippen molar-refractivity contribution in [3.63, 3.8) is 0 Å². The highest BCUT2D eigenvalue weighted by Gasteiger charge is 2.28. The zero-order valence-electron chi connectivity index (χ0n) is 22.1. The number of hydrogen-bond acceptors (Lipinski definition) is 13. The Kier molecular flexibility index (Phi) is 10.8. The minimum atomic E-state index is -3.78. The summed E-state index contributed by atoms with van der Waals surface area (Å²) < 4.78 is 41.0. The van der Waals surface area contributed by atoms with E-state index in [1.165, 1.54) is 17.4 Å². The fraction of sp³-hybridized carbons (Fsp3) is 0.682. The van der Waals surface area contributed by atoms with E-state index in [2.05, 4.69) is 15.0 Å². The number of ether oxygens (including phenoxy) is 3. The Labute approximate surface area is 215 Å². The number of rotatable bonds is 14. The van der Waals surface area contributed by atoms with Crippen LogP contribution >= 0.6 is 7.60 Å². The molecule has 0 aliphatic rings. The number of nitrogens with zero attached hydrogens (tertiary/aromatic N) is 4. The van der Waals surface area contributed by atoms with Gasteiger partial charge in [-0.2, -0.15) is 4.73 Å². The number of carbonyl (C=O) groups excluding carboxylic acids is 2. The molecule has 2 aromatic rings. The molecule has 2 rings (SSSR count). The standard InChI is InChI=1S/C22H36N5O9P/c1-21(2,3)19(28)32-8-11-35-37(30,36-12-9-33-20(29)22(4,5)6)15-31-7-10-34-27-14-26-16-17(23)24-13-25-18(16)27/h13-14H,7-12,15H2,1-6H3,(H2,23,24,25). The highest BCUT2D eigenvalue weighted by Crippen LogP contribution is 2.48. The fourth-order valence-electron chi connectivity index (χ4n) is 2.46. The average molecular weight is 546 g/mol. The van der Waals surface area contributed by atoms with Gasteiger partial charge in [0.15, 0.2) is 11.3 Å². The van der Waals surface area contributed by atoms with Crippen molar-refractivity contribution < 1.29 is 42.2 Å². The highest BCUT2D eigenvalue weighted by atomic mass is 31.2. The smallest absolute Gasteiger partial charge is 0.356 e. The van der Waals surface area contributed by atoms with Gasteiger partial charge in [0.1, 0.15) is 38.8 Å². The van der Waals surface area contributed by atoms with Crippen molar-refractivity contribution in [3.05, 3.63) is 12.7 Å². The minimum Gasteiger partial charge on any atom is -0.463 e. The van der Waals surface area contributed by atoms with Crippen LogP contribution in [0.5, 0.6) is 0 Å². The van der Waals surface area contributed by atoms with Crippen molar-refractivity contribution in [2.24, 2.45) is 10.8 Å². The van der Waals surface area contributed by atoms with Crippen LogP contribution in [0.25, 0.3) is 11.2 Å². The maximum Gasteiger partial charge on any atom is 0.356 e. The normalized spacial score (nSPS) is 12.5. The molecule has 2 heterocycles. The summed E-state index contributed by atoms with van der Waals surface area (Å²) in [7, 11) is -3.78. The summed E-state index contributed by atoms with van der Waals surface area (Å²) in [5.74, 6) is -0.623. The van der Waals surface area contributed by atoms with Gasteiger partial charge in [0.25, 0.3) is 0 Å². The van der Waals surface area contributed by atoms with Gasteiger partial charge < -0.3 is 33.8 Å². The predicted molar refractivity (Wildman–Crippen MR) is 132 cm³/mol. The first-order valence-corrected chi connectivity index (χ1v) is 13.3. The zero-order chi connectivity index (χ0) is 27.7. The Bertz CT molecular complexity index is 1060. The molecule has 0 amide bonds. The van der Waals surface area contributed by atoms with E-state index in [-0.39, 0.29) is 45.5 Å². The van der Waals surface area contributed by atoms with E-state index in [4.69, 9.17) is 33.8 Å². The maximum absolute atomic E-state index is 13.2. The maximum atomic E-state index is 13.2. The van der Waals surface area contributed by atoms with Gasteiger partial charge in [-0.15, -0.1) is 0 Å². The van der Waals surface area contributed by atoms with Crippen molar-refractivity contribution in [1.29, 1.82) is 0 Å². The van der Waals surface area contributed by atoms with Crippen LogP contribution in [0, 0.1) is 10.8 Å². The van der Waals surface area contributed by atoms with Gasteiger partial charge in [-0.25, -0.2) is 15.0 Å². The molecule has 208 valence electrons. The highest BCUT2D eigenvalue weighted by molar-refractivity contribution is 7.53. The Morgan fingerprint density at radius 1 is 0.865 bits per heavy atom. The van der Waals surface area contributed by atoms with Crippen LogP contribution in [0.15, 0.2) is 12.7 Å². The zero-order valence-corrected chi connectivity index (χ0v) is 23.0.